The van der Waals surface area contributed by atoms with Crippen LogP contribution in [0.5, 0.6) is 0 Å². The van der Waals surface area contributed by atoms with Gasteiger partial charge in [0, 0.05) is 28.4 Å². The molecule has 4 nitrogen and oxygen atoms in total. The molecule has 5 aromatic rings. The van der Waals surface area contributed by atoms with Crippen molar-refractivity contribution in [2.24, 2.45) is 0 Å². The van der Waals surface area contributed by atoms with Gasteiger partial charge in [0.2, 0.25) is 0 Å². The number of ether oxygens (including phenoxy) is 1. The van der Waals surface area contributed by atoms with Crippen molar-refractivity contribution in [2.45, 2.75) is 77.7 Å². The van der Waals surface area contributed by atoms with Crippen molar-refractivity contribution >= 4 is 27.8 Å². The fourth-order valence-corrected chi connectivity index (χ4v) is 6.04. The molecule has 0 saturated carbocycles. The van der Waals surface area contributed by atoms with E-state index >= 15 is 0 Å². The second-order valence-electron chi connectivity index (χ2n) is 11.4. The van der Waals surface area contributed by atoms with E-state index in [1.165, 1.54) is 67.0 Å². The number of aromatic nitrogens is 1. The van der Waals surface area contributed by atoms with Crippen LogP contribution in [0.2, 0.25) is 0 Å². The molecule has 0 radical (unpaired) electrons. The summed E-state index contributed by atoms with van der Waals surface area (Å²) in [4.78, 5) is 12.7. The Kier molecular flexibility index (Phi) is 10.6. The molecule has 0 N–H and O–H groups in total. The Morgan fingerprint density at radius 1 is 0.698 bits per heavy atom. The van der Waals surface area contributed by atoms with Crippen LogP contribution >= 0.6 is 0 Å². The minimum atomic E-state index is -0.225. The molecule has 0 saturated heterocycles. The molecule has 220 valence electrons. The molecule has 0 aliphatic carbocycles. The SMILES string of the molecule is CCn1c2ccccc2c2cc(C(=O)OCCCCCCCCCCCc3ccc(-c4ccc(C#N)cc4)cc3)ccc21. The average molecular weight is 571 g/mol. The Labute approximate surface area is 255 Å². The molecular formula is C39H42N2O2. The van der Waals surface area contributed by atoms with Gasteiger partial charge in [0.15, 0.2) is 0 Å². The summed E-state index contributed by atoms with van der Waals surface area (Å²) < 4.78 is 7.90. The predicted molar refractivity (Wildman–Crippen MR) is 177 cm³/mol. The summed E-state index contributed by atoms with van der Waals surface area (Å²) in [6.45, 7) is 3.53. The van der Waals surface area contributed by atoms with Gasteiger partial charge in [0.05, 0.1) is 23.8 Å². The lowest BCUT2D eigenvalue weighted by Crippen LogP contribution is -2.06. The first-order chi connectivity index (χ1) is 21.2. The van der Waals surface area contributed by atoms with Gasteiger partial charge in [-0.05, 0) is 79.3 Å². The first-order valence-corrected chi connectivity index (χ1v) is 16.0. The van der Waals surface area contributed by atoms with Crippen LogP contribution < -0.4 is 0 Å². The van der Waals surface area contributed by atoms with Gasteiger partial charge >= 0.3 is 5.97 Å². The predicted octanol–water partition coefficient (Wildman–Crippen LogP) is 10.3. The maximum absolute atomic E-state index is 12.7. The number of aryl methyl sites for hydroxylation is 2. The summed E-state index contributed by atoms with van der Waals surface area (Å²) in [6, 6.07) is 33.1. The summed E-state index contributed by atoms with van der Waals surface area (Å²) in [5.74, 6) is -0.225. The average Bonchev–Trinajstić information content (AvgIpc) is 3.38. The van der Waals surface area contributed by atoms with E-state index in [9.17, 15) is 4.79 Å². The highest BCUT2D eigenvalue weighted by molar-refractivity contribution is 6.10. The number of carbonyl (C=O) groups is 1. The fraction of sp³-hybridized carbons (Fsp3) is 0.333. The molecule has 0 unspecified atom stereocenters. The van der Waals surface area contributed by atoms with Gasteiger partial charge in [0.25, 0.3) is 0 Å². The van der Waals surface area contributed by atoms with Crippen molar-refractivity contribution < 1.29 is 9.53 Å². The highest BCUT2D eigenvalue weighted by Crippen LogP contribution is 2.30. The zero-order chi connectivity index (χ0) is 29.9. The Hall–Kier alpha value is -4.36. The topological polar surface area (TPSA) is 55.0 Å². The number of carbonyl (C=O) groups excluding carboxylic acids is 1. The number of esters is 1. The third-order valence-electron chi connectivity index (χ3n) is 8.47. The number of benzene rings is 4. The molecular weight excluding hydrogens is 528 g/mol. The summed E-state index contributed by atoms with van der Waals surface area (Å²) in [6.07, 6.45) is 12.0. The molecule has 4 aromatic carbocycles. The van der Waals surface area contributed by atoms with Crippen LogP contribution in [0.4, 0.5) is 0 Å². The van der Waals surface area contributed by atoms with Crippen LogP contribution in [-0.2, 0) is 17.7 Å². The van der Waals surface area contributed by atoms with Crippen LogP contribution in [0.25, 0.3) is 32.9 Å². The molecule has 43 heavy (non-hydrogen) atoms. The van der Waals surface area contributed by atoms with Crippen molar-refractivity contribution in [3.05, 3.63) is 108 Å². The lowest BCUT2D eigenvalue weighted by Gasteiger charge is -2.07. The number of hydrogen-bond acceptors (Lipinski definition) is 3. The lowest BCUT2D eigenvalue weighted by molar-refractivity contribution is 0.0498. The summed E-state index contributed by atoms with van der Waals surface area (Å²) in [7, 11) is 0. The monoisotopic (exact) mass is 570 g/mol. The van der Waals surface area contributed by atoms with Crippen LogP contribution in [0, 0.1) is 11.3 Å². The van der Waals surface area contributed by atoms with Crippen LogP contribution in [0.15, 0.2) is 91.0 Å². The van der Waals surface area contributed by atoms with Gasteiger partial charge in [0.1, 0.15) is 0 Å². The number of unbranched alkanes of at least 4 members (excludes halogenated alkanes) is 8. The normalized spacial score (nSPS) is 11.2. The van der Waals surface area contributed by atoms with Gasteiger partial charge in [-0.3, -0.25) is 0 Å². The largest absolute Gasteiger partial charge is 0.462 e. The first-order valence-electron chi connectivity index (χ1n) is 16.0. The zero-order valence-electron chi connectivity index (χ0n) is 25.4. The van der Waals surface area contributed by atoms with Crippen molar-refractivity contribution in [3.63, 3.8) is 0 Å². The second kappa shape index (κ2) is 15.2. The Bertz CT molecular complexity index is 1670. The maximum Gasteiger partial charge on any atom is 0.338 e. The first kappa shape index (κ1) is 30.1. The van der Waals surface area contributed by atoms with Crippen molar-refractivity contribution in [1.29, 1.82) is 5.26 Å². The minimum absolute atomic E-state index is 0.225. The molecule has 0 aliphatic rings. The van der Waals surface area contributed by atoms with E-state index in [2.05, 4.69) is 66.1 Å². The molecule has 5 rings (SSSR count). The summed E-state index contributed by atoms with van der Waals surface area (Å²) >= 11 is 0. The minimum Gasteiger partial charge on any atom is -0.462 e. The third kappa shape index (κ3) is 7.73. The molecule has 0 bridgehead atoms. The lowest BCUT2D eigenvalue weighted by atomic mass is 10.00. The zero-order valence-corrected chi connectivity index (χ0v) is 25.4. The van der Waals surface area contributed by atoms with E-state index in [1.54, 1.807) is 0 Å². The number of nitrogens with zero attached hydrogens (tertiary/aromatic N) is 2. The number of nitriles is 1. The van der Waals surface area contributed by atoms with Crippen LogP contribution in [-0.4, -0.2) is 17.1 Å². The van der Waals surface area contributed by atoms with E-state index in [0.29, 0.717) is 17.7 Å². The standard InChI is InChI=1S/C39H42N2O2/c1-2-41-37-16-12-11-15-35(37)36-28-34(25-26-38(36)41)39(42)43-27-13-9-7-5-3-4-6-8-10-14-30-17-21-32(22-18-30)33-23-19-31(29-40)20-24-33/h11-12,15-26,28H,2-10,13-14,27H2,1H3. The molecule has 0 spiro atoms. The summed E-state index contributed by atoms with van der Waals surface area (Å²) in [5, 5.41) is 11.3. The second-order valence-corrected chi connectivity index (χ2v) is 11.4. The maximum atomic E-state index is 12.7. The number of hydrogen-bond donors (Lipinski definition) is 0. The van der Waals surface area contributed by atoms with Crippen LogP contribution in [0.3, 0.4) is 0 Å². The van der Waals surface area contributed by atoms with Gasteiger partial charge in [-0.2, -0.15) is 5.26 Å². The van der Waals surface area contributed by atoms with Gasteiger partial charge in [-0.1, -0.05) is 99.5 Å². The smallest absolute Gasteiger partial charge is 0.338 e. The molecule has 1 heterocycles. The third-order valence-corrected chi connectivity index (χ3v) is 8.47. The molecule has 4 heteroatoms. The van der Waals surface area contributed by atoms with Gasteiger partial charge in [-0.15, -0.1) is 0 Å². The number of para-hydroxylation sites is 1. The van der Waals surface area contributed by atoms with Crippen LogP contribution in [0.1, 0.15) is 86.2 Å². The number of rotatable bonds is 15. The molecule has 0 atom stereocenters. The Morgan fingerprint density at radius 2 is 1.30 bits per heavy atom. The Balaban J connectivity index is 0.912. The highest BCUT2D eigenvalue weighted by atomic mass is 16.5. The van der Waals surface area contributed by atoms with E-state index in [-0.39, 0.29) is 5.97 Å². The Morgan fingerprint density at radius 3 is 1.98 bits per heavy atom. The fourth-order valence-electron chi connectivity index (χ4n) is 6.04. The molecule has 0 aliphatic heterocycles. The van der Waals surface area contributed by atoms with E-state index in [4.69, 9.17) is 10.00 Å². The molecule has 0 amide bonds. The van der Waals surface area contributed by atoms with E-state index in [1.807, 2.05) is 42.5 Å². The van der Waals surface area contributed by atoms with Crippen molar-refractivity contribution in [2.75, 3.05) is 6.61 Å². The van der Waals surface area contributed by atoms with Crippen molar-refractivity contribution in [3.8, 4) is 17.2 Å². The quantitative estimate of drug-likeness (QED) is 0.0929. The highest BCUT2D eigenvalue weighted by Gasteiger charge is 2.13. The van der Waals surface area contributed by atoms with Gasteiger partial charge < -0.3 is 9.30 Å². The van der Waals surface area contributed by atoms with Gasteiger partial charge in [-0.25, -0.2) is 4.79 Å². The van der Waals surface area contributed by atoms with Crippen molar-refractivity contribution in [1.82, 2.24) is 4.57 Å². The number of fused-ring (bicyclic) bond motifs is 3. The molecule has 1 aromatic heterocycles. The molecule has 0 fully saturated rings. The summed E-state index contributed by atoms with van der Waals surface area (Å²) in [5.41, 5.74) is 7.42. The van der Waals surface area contributed by atoms with E-state index < -0.39 is 0 Å². The van der Waals surface area contributed by atoms with E-state index in [0.717, 1.165) is 42.3 Å².